The largest absolute Gasteiger partial charge is 0.382 e. The van der Waals surface area contributed by atoms with Crippen molar-refractivity contribution in [3.05, 3.63) is 63.6 Å². The average molecular weight is 333 g/mol. The molecule has 0 atom stereocenters. The second kappa shape index (κ2) is 5.50. The Hall–Kier alpha value is -2.08. The standard InChI is InChI=1S/C14H13BrN4O/c15-11-5-1-2-6-12(11)16-8-10-19-14(20)18-9-4-3-7-13(18)17-19/h1-7,9,16H,8,10H2. The van der Waals surface area contributed by atoms with Gasteiger partial charge in [0.2, 0.25) is 0 Å². The number of halogens is 1. The van der Waals surface area contributed by atoms with Crippen molar-refractivity contribution in [1.29, 1.82) is 0 Å². The van der Waals surface area contributed by atoms with E-state index >= 15 is 0 Å². The Morgan fingerprint density at radius 1 is 1.15 bits per heavy atom. The fraction of sp³-hybridized carbons (Fsp3) is 0.143. The molecule has 20 heavy (non-hydrogen) atoms. The molecule has 3 aromatic rings. The maximum Gasteiger partial charge on any atom is 0.350 e. The van der Waals surface area contributed by atoms with Gasteiger partial charge >= 0.3 is 5.69 Å². The number of anilines is 1. The van der Waals surface area contributed by atoms with Crippen molar-refractivity contribution < 1.29 is 0 Å². The van der Waals surface area contributed by atoms with Gasteiger partial charge in [-0.25, -0.2) is 9.48 Å². The molecule has 0 saturated heterocycles. The molecule has 0 saturated carbocycles. The Morgan fingerprint density at radius 3 is 2.75 bits per heavy atom. The molecule has 0 spiro atoms. The molecule has 0 fully saturated rings. The predicted octanol–water partition coefficient (Wildman–Crippen LogP) is 2.37. The maximum atomic E-state index is 12.1. The minimum absolute atomic E-state index is 0.116. The molecule has 0 aliphatic rings. The fourth-order valence-electron chi connectivity index (χ4n) is 2.01. The fourth-order valence-corrected chi connectivity index (χ4v) is 2.44. The van der Waals surface area contributed by atoms with E-state index in [0.29, 0.717) is 18.7 Å². The number of pyridine rings is 1. The zero-order valence-electron chi connectivity index (χ0n) is 10.7. The summed E-state index contributed by atoms with van der Waals surface area (Å²) < 4.78 is 4.01. The van der Waals surface area contributed by atoms with Crippen molar-refractivity contribution >= 4 is 27.3 Å². The van der Waals surface area contributed by atoms with E-state index in [-0.39, 0.29) is 5.69 Å². The third kappa shape index (κ3) is 2.46. The molecule has 5 nitrogen and oxygen atoms in total. The smallest absolute Gasteiger partial charge is 0.350 e. The van der Waals surface area contributed by atoms with Crippen LogP contribution in [0, 0.1) is 0 Å². The van der Waals surface area contributed by atoms with Gasteiger partial charge in [0.25, 0.3) is 0 Å². The molecule has 1 N–H and O–H groups in total. The molecule has 3 rings (SSSR count). The highest BCUT2D eigenvalue weighted by atomic mass is 79.9. The van der Waals surface area contributed by atoms with Gasteiger partial charge in [-0.05, 0) is 40.2 Å². The van der Waals surface area contributed by atoms with Crippen molar-refractivity contribution in [3.63, 3.8) is 0 Å². The summed E-state index contributed by atoms with van der Waals surface area (Å²) in [5.74, 6) is 0. The van der Waals surface area contributed by atoms with Gasteiger partial charge in [0.05, 0.1) is 6.54 Å². The van der Waals surface area contributed by atoms with Crippen LogP contribution in [0.15, 0.2) is 57.9 Å². The lowest BCUT2D eigenvalue weighted by molar-refractivity contribution is 0.614. The van der Waals surface area contributed by atoms with E-state index in [2.05, 4.69) is 26.3 Å². The Morgan fingerprint density at radius 2 is 1.95 bits per heavy atom. The number of benzene rings is 1. The van der Waals surface area contributed by atoms with Crippen LogP contribution in [0.25, 0.3) is 5.65 Å². The summed E-state index contributed by atoms with van der Waals surface area (Å²) in [5, 5.41) is 7.56. The van der Waals surface area contributed by atoms with Crippen LogP contribution in [0.3, 0.4) is 0 Å². The zero-order chi connectivity index (χ0) is 13.9. The van der Waals surface area contributed by atoms with Crippen LogP contribution in [0.4, 0.5) is 5.69 Å². The summed E-state index contributed by atoms with van der Waals surface area (Å²) >= 11 is 3.47. The minimum Gasteiger partial charge on any atom is -0.382 e. The van der Waals surface area contributed by atoms with Crippen molar-refractivity contribution in [2.45, 2.75) is 6.54 Å². The van der Waals surface area contributed by atoms with Gasteiger partial charge in [-0.15, -0.1) is 5.10 Å². The topological polar surface area (TPSA) is 51.3 Å². The first kappa shape index (κ1) is 12.9. The highest BCUT2D eigenvalue weighted by Crippen LogP contribution is 2.20. The first-order valence-electron chi connectivity index (χ1n) is 6.28. The zero-order valence-corrected chi connectivity index (χ0v) is 12.2. The number of hydrogen-bond acceptors (Lipinski definition) is 3. The lowest BCUT2D eigenvalue weighted by Crippen LogP contribution is -2.24. The monoisotopic (exact) mass is 332 g/mol. The van der Waals surface area contributed by atoms with Crippen LogP contribution in [-0.2, 0) is 6.54 Å². The van der Waals surface area contributed by atoms with Crippen LogP contribution in [0.1, 0.15) is 0 Å². The quantitative estimate of drug-likeness (QED) is 0.798. The molecule has 0 bridgehead atoms. The Balaban J connectivity index is 1.73. The van der Waals surface area contributed by atoms with E-state index < -0.39 is 0 Å². The van der Waals surface area contributed by atoms with Crippen molar-refractivity contribution in [2.24, 2.45) is 0 Å². The lowest BCUT2D eigenvalue weighted by atomic mass is 10.3. The number of nitrogens with zero attached hydrogens (tertiary/aromatic N) is 3. The van der Waals surface area contributed by atoms with Crippen LogP contribution in [0.5, 0.6) is 0 Å². The molecule has 6 heteroatoms. The van der Waals surface area contributed by atoms with Gasteiger partial charge < -0.3 is 5.32 Å². The summed E-state index contributed by atoms with van der Waals surface area (Å²) in [6.07, 6.45) is 1.72. The molecule has 0 aliphatic heterocycles. The third-order valence-electron chi connectivity index (χ3n) is 3.00. The molecule has 0 radical (unpaired) electrons. The summed E-state index contributed by atoms with van der Waals surface area (Å²) in [5.41, 5.74) is 1.55. The second-order valence-electron chi connectivity index (χ2n) is 4.34. The predicted molar refractivity (Wildman–Crippen MR) is 82.1 cm³/mol. The molecule has 2 aromatic heterocycles. The molecule has 2 heterocycles. The third-order valence-corrected chi connectivity index (χ3v) is 3.69. The minimum atomic E-state index is -0.116. The SMILES string of the molecule is O=c1n(CCNc2ccccc2Br)nc2ccccn12. The number of hydrogen-bond donors (Lipinski definition) is 1. The Bertz CT molecular complexity index is 793. The maximum absolute atomic E-state index is 12.1. The summed E-state index contributed by atoms with van der Waals surface area (Å²) in [4.78, 5) is 12.1. The van der Waals surface area contributed by atoms with E-state index in [1.807, 2.05) is 42.5 Å². The molecular weight excluding hydrogens is 320 g/mol. The van der Waals surface area contributed by atoms with Crippen LogP contribution >= 0.6 is 15.9 Å². The van der Waals surface area contributed by atoms with E-state index in [1.165, 1.54) is 4.68 Å². The molecule has 0 aliphatic carbocycles. The van der Waals surface area contributed by atoms with Crippen molar-refractivity contribution in [1.82, 2.24) is 14.2 Å². The van der Waals surface area contributed by atoms with Gasteiger partial charge in [-0.2, -0.15) is 0 Å². The molecule has 0 unspecified atom stereocenters. The van der Waals surface area contributed by atoms with Gasteiger partial charge in [0.15, 0.2) is 5.65 Å². The van der Waals surface area contributed by atoms with E-state index in [0.717, 1.165) is 10.2 Å². The van der Waals surface area contributed by atoms with Crippen molar-refractivity contribution in [2.75, 3.05) is 11.9 Å². The lowest BCUT2D eigenvalue weighted by Gasteiger charge is -2.07. The van der Waals surface area contributed by atoms with Crippen LogP contribution < -0.4 is 11.0 Å². The average Bonchev–Trinajstić information content (AvgIpc) is 2.78. The van der Waals surface area contributed by atoms with E-state index in [4.69, 9.17) is 0 Å². The number of nitrogens with one attached hydrogen (secondary N) is 1. The Kier molecular flexibility index (Phi) is 3.56. The number of fused-ring (bicyclic) bond motifs is 1. The summed E-state index contributed by atoms with van der Waals surface area (Å²) in [6.45, 7) is 1.15. The van der Waals surface area contributed by atoms with Gasteiger partial charge in [-0.1, -0.05) is 18.2 Å². The molecule has 1 aromatic carbocycles. The summed E-state index contributed by atoms with van der Waals surface area (Å²) in [6, 6.07) is 13.4. The summed E-state index contributed by atoms with van der Waals surface area (Å²) in [7, 11) is 0. The molecule has 102 valence electrons. The molecule has 0 amide bonds. The van der Waals surface area contributed by atoms with E-state index in [1.54, 1.807) is 10.6 Å². The number of rotatable bonds is 4. The first-order valence-corrected chi connectivity index (χ1v) is 7.07. The van der Waals surface area contributed by atoms with Gasteiger partial charge in [0.1, 0.15) is 0 Å². The van der Waals surface area contributed by atoms with E-state index in [9.17, 15) is 4.79 Å². The van der Waals surface area contributed by atoms with Gasteiger partial charge in [-0.3, -0.25) is 4.40 Å². The first-order chi connectivity index (χ1) is 9.75. The number of para-hydroxylation sites is 1. The highest BCUT2D eigenvalue weighted by molar-refractivity contribution is 9.10. The molecular formula is C14H13BrN4O. The second-order valence-corrected chi connectivity index (χ2v) is 5.20. The van der Waals surface area contributed by atoms with Crippen molar-refractivity contribution in [3.8, 4) is 0 Å². The normalized spacial score (nSPS) is 10.8. The Labute approximate surface area is 124 Å². The number of aromatic nitrogens is 3. The van der Waals surface area contributed by atoms with Crippen LogP contribution in [0.2, 0.25) is 0 Å². The van der Waals surface area contributed by atoms with Gasteiger partial charge in [0, 0.05) is 22.9 Å². The highest BCUT2D eigenvalue weighted by Gasteiger charge is 2.05. The van der Waals surface area contributed by atoms with Crippen LogP contribution in [-0.4, -0.2) is 20.7 Å².